The molecule has 1 aliphatic heterocycles. The topological polar surface area (TPSA) is 62.3 Å². The Morgan fingerprint density at radius 3 is 2.84 bits per heavy atom. The van der Waals surface area contributed by atoms with Gasteiger partial charge in [0.25, 0.3) is 0 Å². The molecule has 106 valence electrons. The lowest BCUT2D eigenvalue weighted by Gasteiger charge is -2.32. The molecule has 1 saturated heterocycles. The molecule has 6 heteroatoms. The average molecular weight is 283 g/mol. The second-order valence-electron chi connectivity index (χ2n) is 4.96. The number of hydrogen-bond donors (Lipinski definition) is 1. The Morgan fingerprint density at radius 2 is 2.26 bits per heavy atom. The molecule has 2 rings (SSSR count). The van der Waals surface area contributed by atoms with E-state index in [1.54, 1.807) is 32.3 Å². The van der Waals surface area contributed by atoms with E-state index >= 15 is 0 Å². The Balaban J connectivity index is 2.17. The van der Waals surface area contributed by atoms with Crippen molar-refractivity contribution >= 4 is 10.0 Å². The van der Waals surface area contributed by atoms with E-state index in [2.05, 4.69) is 10.3 Å². The van der Waals surface area contributed by atoms with Gasteiger partial charge in [-0.05, 0) is 38.4 Å². The molecule has 0 aliphatic carbocycles. The molecule has 0 unspecified atom stereocenters. The molecule has 1 aromatic heterocycles. The minimum absolute atomic E-state index is 0.0462. The average Bonchev–Trinajstić information content (AvgIpc) is 2.47. The first-order valence-corrected chi connectivity index (χ1v) is 8.12. The van der Waals surface area contributed by atoms with E-state index in [0.29, 0.717) is 5.69 Å². The second kappa shape index (κ2) is 5.98. The Labute approximate surface area is 115 Å². The third-order valence-electron chi connectivity index (χ3n) is 3.74. The first kappa shape index (κ1) is 14.4. The highest BCUT2D eigenvalue weighted by Gasteiger charge is 2.33. The van der Waals surface area contributed by atoms with Gasteiger partial charge in [-0.25, -0.2) is 12.7 Å². The van der Waals surface area contributed by atoms with Crippen molar-refractivity contribution in [2.24, 2.45) is 0 Å². The van der Waals surface area contributed by atoms with Crippen molar-refractivity contribution in [3.63, 3.8) is 0 Å². The van der Waals surface area contributed by atoms with Crippen molar-refractivity contribution in [3.05, 3.63) is 30.1 Å². The number of sulfonamides is 1. The van der Waals surface area contributed by atoms with Crippen LogP contribution in [0.3, 0.4) is 0 Å². The molecule has 1 N–H and O–H groups in total. The molecule has 1 aliphatic rings. The maximum absolute atomic E-state index is 12.6. The number of nitrogens with zero attached hydrogens (tertiary/aromatic N) is 2. The summed E-state index contributed by atoms with van der Waals surface area (Å²) < 4.78 is 26.7. The van der Waals surface area contributed by atoms with Crippen molar-refractivity contribution < 1.29 is 8.42 Å². The predicted molar refractivity (Wildman–Crippen MR) is 75.2 cm³/mol. The van der Waals surface area contributed by atoms with Crippen molar-refractivity contribution in [1.82, 2.24) is 14.6 Å². The summed E-state index contributed by atoms with van der Waals surface area (Å²) in [7, 11) is -1.69. The van der Waals surface area contributed by atoms with E-state index in [1.807, 2.05) is 6.07 Å². The lowest BCUT2D eigenvalue weighted by Crippen LogP contribution is -2.47. The lowest BCUT2D eigenvalue weighted by molar-refractivity contribution is 0.297. The maximum atomic E-state index is 12.6. The SMILES string of the molecule is C[C@@H](c1ccccn1)S(=O)(=O)N(C)[C@@H]1CCCNC1. The number of rotatable bonds is 4. The van der Waals surface area contributed by atoms with Crippen LogP contribution in [0.5, 0.6) is 0 Å². The van der Waals surface area contributed by atoms with Gasteiger partial charge in [0.15, 0.2) is 0 Å². The van der Waals surface area contributed by atoms with Gasteiger partial charge in [-0.1, -0.05) is 6.07 Å². The normalized spacial score (nSPS) is 22.4. The molecule has 2 atom stereocenters. The van der Waals surface area contributed by atoms with E-state index in [9.17, 15) is 8.42 Å². The summed E-state index contributed by atoms with van der Waals surface area (Å²) in [6, 6.07) is 5.41. The Morgan fingerprint density at radius 1 is 1.47 bits per heavy atom. The van der Waals surface area contributed by atoms with Gasteiger partial charge in [-0.15, -0.1) is 0 Å². The molecule has 0 amide bonds. The van der Waals surface area contributed by atoms with Crippen molar-refractivity contribution in [2.75, 3.05) is 20.1 Å². The van der Waals surface area contributed by atoms with Gasteiger partial charge in [0.05, 0.1) is 5.69 Å². The van der Waals surface area contributed by atoms with Crippen LogP contribution < -0.4 is 5.32 Å². The lowest BCUT2D eigenvalue weighted by atomic mass is 10.1. The predicted octanol–water partition coefficient (Wildman–Crippen LogP) is 1.16. The highest BCUT2D eigenvalue weighted by atomic mass is 32.2. The molecule has 0 aromatic carbocycles. The monoisotopic (exact) mass is 283 g/mol. The molecule has 0 radical (unpaired) electrons. The highest BCUT2D eigenvalue weighted by Crippen LogP contribution is 2.25. The summed E-state index contributed by atoms with van der Waals surface area (Å²) in [5.41, 5.74) is 0.595. The summed E-state index contributed by atoms with van der Waals surface area (Å²) in [5, 5.41) is 2.63. The molecule has 5 nitrogen and oxygen atoms in total. The summed E-state index contributed by atoms with van der Waals surface area (Å²) in [4.78, 5) is 4.15. The fourth-order valence-corrected chi connectivity index (χ4v) is 3.91. The van der Waals surface area contributed by atoms with E-state index in [0.717, 1.165) is 25.9 Å². The van der Waals surface area contributed by atoms with Gasteiger partial charge in [-0.3, -0.25) is 4.98 Å². The third kappa shape index (κ3) is 3.13. The van der Waals surface area contributed by atoms with Crippen LogP contribution >= 0.6 is 0 Å². The van der Waals surface area contributed by atoms with E-state index < -0.39 is 15.3 Å². The van der Waals surface area contributed by atoms with Crippen LogP contribution in [-0.2, 0) is 10.0 Å². The summed E-state index contributed by atoms with van der Waals surface area (Å²) in [6.45, 7) is 3.40. The third-order valence-corrected chi connectivity index (χ3v) is 5.97. The number of hydrogen-bond acceptors (Lipinski definition) is 4. The summed E-state index contributed by atoms with van der Waals surface area (Å²) in [6.07, 6.45) is 3.56. The van der Waals surface area contributed by atoms with Crippen LogP contribution in [0.2, 0.25) is 0 Å². The number of pyridine rings is 1. The molecule has 2 heterocycles. The first-order valence-electron chi connectivity index (χ1n) is 6.62. The molecular weight excluding hydrogens is 262 g/mol. The molecule has 1 aromatic rings. The smallest absolute Gasteiger partial charge is 0.222 e. The minimum atomic E-state index is -3.36. The Hall–Kier alpha value is -0.980. The van der Waals surface area contributed by atoms with Gasteiger partial charge in [0.1, 0.15) is 5.25 Å². The zero-order valence-corrected chi connectivity index (χ0v) is 12.2. The van der Waals surface area contributed by atoms with Gasteiger partial charge in [0, 0.05) is 25.8 Å². The maximum Gasteiger partial charge on any atom is 0.222 e. The summed E-state index contributed by atoms with van der Waals surface area (Å²) in [5.74, 6) is 0. The van der Waals surface area contributed by atoms with Crippen LogP contribution in [0.4, 0.5) is 0 Å². The number of piperidine rings is 1. The van der Waals surface area contributed by atoms with Crippen LogP contribution in [0.1, 0.15) is 30.7 Å². The highest BCUT2D eigenvalue weighted by molar-refractivity contribution is 7.89. The molecule has 0 bridgehead atoms. The van der Waals surface area contributed by atoms with E-state index in [1.165, 1.54) is 4.31 Å². The van der Waals surface area contributed by atoms with Crippen LogP contribution in [0, 0.1) is 0 Å². The quantitative estimate of drug-likeness (QED) is 0.900. The molecule has 1 fully saturated rings. The van der Waals surface area contributed by atoms with E-state index in [4.69, 9.17) is 0 Å². The molecule has 0 saturated carbocycles. The van der Waals surface area contributed by atoms with Crippen LogP contribution in [-0.4, -0.2) is 43.9 Å². The fourth-order valence-electron chi connectivity index (χ4n) is 2.37. The van der Waals surface area contributed by atoms with Gasteiger partial charge >= 0.3 is 0 Å². The number of aromatic nitrogens is 1. The van der Waals surface area contributed by atoms with Gasteiger partial charge < -0.3 is 5.32 Å². The first-order chi connectivity index (χ1) is 9.03. The van der Waals surface area contributed by atoms with Crippen molar-refractivity contribution in [2.45, 2.75) is 31.1 Å². The van der Waals surface area contributed by atoms with Crippen molar-refractivity contribution in [1.29, 1.82) is 0 Å². The molecule has 19 heavy (non-hydrogen) atoms. The number of nitrogens with one attached hydrogen (secondary N) is 1. The van der Waals surface area contributed by atoms with Crippen LogP contribution in [0.25, 0.3) is 0 Å². The van der Waals surface area contributed by atoms with Gasteiger partial charge in [-0.2, -0.15) is 0 Å². The zero-order chi connectivity index (χ0) is 13.9. The number of likely N-dealkylation sites (N-methyl/N-ethyl adjacent to an activating group) is 1. The standard InChI is InChI=1S/C13H21N3O2S/c1-11(13-7-3-4-9-15-13)19(17,18)16(2)12-6-5-8-14-10-12/h3-4,7,9,11-12,14H,5-6,8,10H2,1-2H3/t11-,12+/m0/s1. The zero-order valence-electron chi connectivity index (χ0n) is 11.4. The Kier molecular flexibility index (Phi) is 4.54. The van der Waals surface area contributed by atoms with Crippen molar-refractivity contribution in [3.8, 4) is 0 Å². The summed E-state index contributed by atoms with van der Waals surface area (Å²) >= 11 is 0. The largest absolute Gasteiger partial charge is 0.315 e. The fraction of sp³-hybridized carbons (Fsp3) is 0.615. The van der Waals surface area contributed by atoms with E-state index in [-0.39, 0.29) is 6.04 Å². The Bertz CT molecular complexity index is 498. The second-order valence-corrected chi connectivity index (χ2v) is 7.27. The minimum Gasteiger partial charge on any atom is -0.315 e. The van der Waals surface area contributed by atoms with Gasteiger partial charge in [0.2, 0.25) is 10.0 Å². The molecule has 0 spiro atoms. The van der Waals surface area contributed by atoms with Crippen LogP contribution in [0.15, 0.2) is 24.4 Å². The molecular formula is C13H21N3O2S.